The van der Waals surface area contributed by atoms with Gasteiger partial charge in [-0.05, 0) is 22.6 Å². The summed E-state index contributed by atoms with van der Waals surface area (Å²) in [5, 5.41) is 13.0. The minimum Gasteiger partial charge on any atom is -0.871 e. The molecule has 0 bridgehead atoms. The summed E-state index contributed by atoms with van der Waals surface area (Å²) in [7, 11) is 0. The number of para-hydroxylation sites is 1. The number of nitrogens with zero attached hydrogens (tertiary/aromatic N) is 1. The summed E-state index contributed by atoms with van der Waals surface area (Å²) < 4.78 is 0. The van der Waals surface area contributed by atoms with Crippen molar-refractivity contribution in [2.75, 3.05) is 0 Å². The Labute approximate surface area is 169 Å². The van der Waals surface area contributed by atoms with E-state index in [9.17, 15) is 5.11 Å². The summed E-state index contributed by atoms with van der Waals surface area (Å²) in [4.78, 5) is 4.72. The molecule has 4 rings (SSSR count). The fourth-order valence-electron chi connectivity index (χ4n) is 3.12. The van der Waals surface area contributed by atoms with E-state index in [0.29, 0.717) is 5.52 Å². The van der Waals surface area contributed by atoms with Crippen LogP contribution >= 0.6 is 0 Å². The first-order valence-electron chi connectivity index (χ1n) is 7.99. The summed E-state index contributed by atoms with van der Waals surface area (Å²) in [6.45, 7) is 0. The second-order valence-corrected chi connectivity index (χ2v) is 5.82. The predicted molar refractivity (Wildman–Crippen MR) is 95.0 cm³/mol. The van der Waals surface area contributed by atoms with Crippen molar-refractivity contribution in [1.82, 2.24) is 4.98 Å². The van der Waals surface area contributed by atoms with Crippen molar-refractivity contribution in [3.8, 4) is 5.75 Å². The van der Waals surface area contributed by atoms with Crippen LogP contribution in [0.5, 0.6) is 5.75 Å². The van der Waals surface area contributed by atoms with Gasteiger partial charge in [0.05, 0.1) is 17.1 Å². The Morgan fingerprint density at radius 2 is 1.24 bits per heavy atom. The van der Waals surface area contributed by atoms with Gasteiger partial charge in [0, 0.05) is 0 Å². The summed E-state index contributed by atoms with van der Waals surface area (Å²) >= 11 is 0. The largest absolute Gasteiger partial charge is 1.00 e. The Bertz CT molecular complexity index is 931. The molecule has 1 heterocycles. The number of aromatic nitrogens is 1. The number of pyridine rings is 1. The van der Waals surface area contributed by atoms with Crippen LogP contribution in [0.2, 0.25) is 0 Å². The van der Waals surface area contributed by atoms with E-state index in [4.69, 9.17) is 4.98 Å². The zero-order chi connectivity index (χ0) is 16.4. The van der Waals surface area contributed by atoms with Crippen LogP contribution in [0.1, 0.15) is 22.7 Å². The first kappa shape index (κ1) is 17.7. The Balaban J connectivity index is 0.00000182. The zero-order valence-electron chi connectivity index (χ0n) is 14.1. The maximum Gasteiger partial charge on any atom is 1.00 e. The monoisotopic (exact) mass is 333 g/mol. The van der Waals surface area contributed by atoms with E-state index in [1.165, 1.54) is 11.1 Å². The van der Waals surface area contributed by atoms with Gasteiger partial charge >= 0.3 is 29.6 Å². The normalized spacial score (nSPS) is 10.6. The van der Waals surface area contributed by atoms with Gasteiger partial charge < -0.3 is 5.11 Å². The van der Waals surface area contributed by atoms with Gasteiger partial charge in [0.25, 0.3) is 0 Å². The Hall–Kier alpha value is -2.13. The molecule has 0 aliphatic heterocycles. The van der Waals surface area contributed by atoms with Gasteiger partial charge in [0.15, 0.2) is 0 Å². The van der Waals surface area contributed by atoms with Crippen LogP contribution in [0.25, 0.3) is 10.9 Å². The molecule has 0 radical (unpaired) electrons. The van der Waals surface area contributed by atoms with E-state index in [0.717, 1.165) is 11.1 Å². The Morgan fingerprint density at radius 3 is 1.84 bits per heavy atom. The molecule has 0 aliphatic rings. The number of hydrogen-bond acceptors (Lipinski definition) is 2. The van der Waals surface area contributed by atoms with E-state index in [-0.39, 0.29) is 41.2 Å². The van der Waals surface area contributed by atoms with E-state index >= 15 is 0 Å². The van der Waals surface area contributed by atoms with Crippen LogP contribution in [0.3, 0.4) is 0 Å². The quantitative estimate of drug-likeness (QED) is 0.533. The summed E-state index contributed by atoms with van der Waals surface area (Å²) in [6.07, 6.45) is 0. The molecule has 0 aliphatic carbocycles. The van der Waals surface area contributed by atoms with Gasteiger partial charge in [-0.2, -0.15) is 0 Å². The van der Waals surface area contributed by atoms with Crippen molar-refractivity contribution in [1.29, 1.82) is 0 Å². The molecule has 0 N–H and O–H groups in total. The van der Waals surface area contributed by atoms with Gasteiger partial charge in [-0.25, -0.2) is 0 Å². The van der Waals surface area contributed by atoms with Gasteiger partial charge in [0.1, 0.15) is 0 Å². The second kappa shape index (κ2) is 7.83. The van der Waals surface area contributed by atoms with Crippen molar-refractivity contribution in [2.24, 2.45) is 0 Å². The third-order valence-corrected chi connectivity index (χ3v) is 4.27. The molecule has 0 unspecified atom stereocenters. The van der Waals surface area contributed by atoms with Gasteiger partial charge in [-0.3, -0.25) is 4.98 Å². The van der Waals surface area contributed by atoms with Crippen LogP contribution in [-0.2, 0) is 0 Å². The molecule has 1 aromatic heterocycles. The Kier molecular flexibility index (Phi) is 5.54. The molecule has 2 nitrogen and oxygen atoms in total. The van der Waals surface area contributed by atoms with Crippen molar-refractivity contribution in [2.45, 2.75) is 5.92 Å². The molecule has 116 valence electrons. The summed E-state index contributed by atoms with van der Waals surface area (Å²) in [5.74, 6) is -0.0226. The average molecular weight is 333 g/mol. The van der Waals surface area contributed by atoms with Crippen molar-refractivity contribution >= 4 is 10.9 Å². The van der Waals surface area contributed by atoms with Crippen LogP contribution in [0, 0.1) is 0 Å². The smallest absolute Gasteiger partial charge is 0.871 e. The molecule has 0 amide bonds. The van der Waals surface area contributed by atoms with Gasteiger partial charge in [0.2, 0.25) is 0 Å². The third kappa shape index (κ3) is 3.62. The molecule has 25 heavy (non-hydrogen) atoms. The van der Waals surface area contributed by atoms with Crippen LogP contribution < -0.4 is 34.7 Å². The molecule has 0 spiro atoms. The standard InChI is InChI=1S/C22H17NO.Na/c24-20-13-7-12-18-14-15-19(23-22(18)20)21(16-8-3-1-4-9-16)17-10-5-2-6-11-17;/h1-15,21,24H;/q;+1/p-1. The maximum atomic E-state index is 12.2. The molecule has 0 saturated carbocycles. The van der Waals surface area contributed by atoms with E-state index < -0.39 is 0 Å². The molecule has 4 aromatic rings. The number of hydrogen-bond donors (Lipinski definition) is 0. The molecular formula is C22H16NNaO. The molecule has 0 fully saturated rings. The molecule has 3 aromatic carbocycles. The van der Waals surface area contributed by atoms with Crippen LogP contribution in [0.4, 0.5) is 0 Å². The van der Waals surface area contributed by atoms with Crippen molar-refractivity contribution < 1.29 is 34.7 Å². The molecule has 0 atom stereocenters. The van der Waals surface area contributed by atoms with Gasteiger partial charge in [-0.15, -0.1) is 0 Å². The van der Waals surface area contributed by atoms with E-state index in [1.54, 1.807) is 12.1 Å². The van der Waals surface area contributed by atoms with Crippen molar-refractivity contribution in [3.05, 3.63) is 108 Å². The number of fused-ring (bicyclic) bond motifs is 1. The SMILES string of the molecule is [Na+].[O-]c1cccc2ccc(C(c3ccccc3)c3ccccc3)nc12. The Morgan fingerprint density at radius 1 is 0.640 bits per heavy atom. The first-order valence-corrected chi connectivity index (χ1v) is 7.99. The topological polar surface area (TPSA) is 36.0 Å². The fraction of sp³-hybridized carbons (Fsp3) is 0.0455. The molecule has 0 saturated heterocycles. The van der Waals surface area contributed by atoms with Crippen molar-refractivity contribution in [3.63, 3.8) is 0 Å². The molecule has 3 heteroatoms. The minimum atomic E-state index is -0.0331. The fourth-order valence-corrected chi connectivity index (χ4v) is 3.12. The average Bonchev–Trinajstić information content (AvgIpc) is 2.64. The minimum absolute atomic E-state index is 0. The number of benzene rings is 3. The van der Waals surface area contributed by atoms with E-state index in [2.05, 4.69) is 24.3 Å². The zero-order valence-corrected chi connectivity index (χ0v) is 16.1. The van der Waals surface area contributed by atoms with E-state index in [1.807, 2.05) is 54.6 Å². The number of rotatable bonds is 3. The van der Waals surface area contributed by atoms with Crippen LogP contribution in [0.15, 0.2) is 91.0 Å². The summed E-state index contributed by atoms with van der Waals surface area (Å²) in [5.41, 5.74) is 3.76. The maximum absolute atomic E-state index is 12.2. The molecular weight excluding hydrogens is 317 g/mol. The van der Waals surface area contributed by atoms with Crippen LogP contribution in [-0.4, -0.2) is 4.98 Å². The third-order valence-electron chi connectivity index (χ3n) is 4.27. The summed E-state index contributed by atoms with van der Waals surface area (Å²) in [6, 6.07) is 29.8. The predicted octanol–water partition coefficient (Wildman–Crippen LogP) is 1.49. The first-order chi connectivity index (χ1) is 11.8. The second-order valence-electron chi connectivity index (χ2n) is 5.82. The van der Waals surface area contributed by atoms with Gasteiger partial charge in [-0.1, -0.05) is 90.7 Å².